The van der Waals surface area contributed by atoms with Gasteiger partial charge in [0.1, 0.15) is 11.5 Å². The van der Waals surface area contributed by atoms with Crippen molar-refractivity contribution in [3.8, 4) is 0 Å². The van der Waals surface area contributed by atoms with Crippen LogP contribution in [-0.4, -0.2) is 67.1 Å². The molecular weight excluding hydrogens is 370 g/mol. The number of hydrogen-bond acceptors (Lipinski definition) is 6. The van der Waals surface area contributed by atoms with Crippen molar-refractivity contribution in [2.45, 2.75) is 26.8 Å². The van der Waals surface area contributed by atoms with Gasteiger partial charge in [0.2, 0.25) is 0 Å². The molecule has 8 heteroatoms. The van der Waals surface area contributed by atoms with Crippen molar-refractivity contribution in [2.24, 2.45) is 0 Å². The summed E-state index contributed by atoms with van der Waals surface area (Å²) in [5, 5.41) is 2.94. The molecule has 0 atom stereocenters. The molecule has 2 aromatic rings. The smallest absolute Gasteiger partial charge is 0.339 e. The minimum absolute atomic E-state index is 0.245. The van der Waals surface area contributed by atoms with Crippen LogP contribution in [0, 0.1) is 6.92 Å². The Bertz CT molecular complexity index is 884. The average molecular weight is 399 g/mol. The van der Waals surface area contributed by atoms with Crippen molar-refractivity contribution in [3.63, 3.8) is 0 Å². The van der Waals surface area contributed by atoms with Crippen molar-refractivity contribution in [2.75, 3.05) is 45.2 Å². The third-order valence-electron chi connectivity index (χ3n) is 5.39. The second-order valence-corrected chi connectivity index (χ2v) is 7.32. The van der Waals surface area contributed by atoms with E-state index in [0.29, 0.717) is 35.5 Å². The fraction of sp³-hybridized carbons (Fsp3) is 0.476. The van der Waals surface area contributed by atoms with Crippen LogP contribution in [0.3, 0.4) is 0 Å². The van der Waals surface area contributed by atoms with E-state index < -0.39 is 5.97 Å². The topological polar surface area (TPSA) is 90.6 Å². The first-order valence-electron chi connectivity index (χ1n) is 9.91. The van der Waals surface area contributed by atoms with Crippen molar-refractivity contribution in [1.29, 1.82) is 0 Å². The van der Waals surface area contributed by atoms with Crippen LogP contribution in [0.4, 0.5) is 5.82 Å². The van der Waals surface area contributed by atoms with Gasteiger partial charge in [0.15, 0.2) is 0 Å². The highest BCUT2D eigenvalue weighted by Crippen LogP contribution is 2.20. The highest BCUT2D eigenvalue weighted by Gasteiger charge is 2.23. The molecule has 0 radical (unpaired) electrons. The Morgan fingerprint density at radius 2 is 2.00 bits per heavy atom. The number of aromatic nitrogens is 2. The number of esters is 1. The van der Waals surface area contributed by atoms with Gasteiger partial charge in [-0.15, -0.1) is 0 Å². The van der Waals surface area contributed by atoms with Crippen LogP contribution in [0.25, 0.3) is 0 Å². The number of amides is 1. The number of rotatable bonds is 6. The summed E-state index contributed by atoms with van der Waals surface area (Å²) in [5.41, 5.74) is 3.15. The van der Waals surface area contributed by atoms with Gasteiger partial charge in [-0.3, -0.25) is 4.79 Å². The van der Waals surface area contributed by atoms with Gasteiger partial charge in [0, 0.05) is 44.6 Å². The molecule has 1 amide bonds. The van der Waals surface area contributed by atoms with E-state index in [-0.39, 0.29) is 5.91 Å². The van der Waals surface area contributed by atoms with E-state index in [1.807, 2.05) is 19.1 Å². The number of methoxy groups -OCH3 is 1. The maximum Gasteiger partial charge on any atom is 0.339 e. The molecule has 1 saturated heterocycles. The van der Waals surface area contributed by atoms with Crippen molar-refractivity contribution >= 4 is 17.7 Å². The van der Waals surface area contributed by atoms with Gasteiger partial charge in [-0.05, 0) is 43.7 Å². The zero-order valence-electron chi connectivity index (χ0n) is 17.5. The molecule has 1 fully saturated rings. The van der Waals surface area contributed by atoms with E-state index in [4.69, 9.17) is 4.74 Å². The number of aromatic amines is 1. The van der Waals surface area contributed by atoms with Gasteiger partial charge < -0.3 is 24.8 Å². The van der Waals surface area contributed by atoms with Crippen LogP contribution >= 0.6 is 0 Å². The third-order valence-corrected chi connectivity index (χ3v) is 5.39. The SMILES string of the molecule is CCc1[nH]c(C(=O)NCc2ccnc(N3CCN(C)CC3)c2)c(C)c1C(=O)OC. The van der Waals surface area contributed by atoms with Crippen LogP contribution in [0.5, 0.6) is 0 Å². The second kappa shape index (κ2) is 9.09. The van der Waals surface area contributed by atoms with Gasteiger partial charge in [-0.2, -0.15) is 0 Å². The Labute approximate surface area is 171 Å². The number of hydrogen-bond donors (Lipinski definition) is 2. The largest absolute Gasteiger partial charge is 0.465 e. The number of pyridine rings is 1. The quantitative estimate of drug-likeness (QED) is 0.720. The Morgan fingerprint density at radius 1 is 1.28 bits per heavy atom. The van der Waals surface area contributed by atoms with E-state index in [9.17, 15) is 9.59 Å². The first-order chi connectivity index (χ1) is 13.9. The van der Waals surface area contributed by atoms with E-state index >= 15 is 0 Å². The lowest BCUT2D eigenvalue weighted by molar-refractivity contribution is 0.0599. The minimum atomic E-state index is -0.430. The first-order valence-corrected chi connectivity index (χ1v) is 9.91. The third kappa shape index (κ3) is 4.59. The van der Waals surface area contributed by atoms with Crippen LogP contribution in [-0.2, 0) is 17.7 Å². The van der Waals surface area contributed by atoms with Gasteiger partial charge in [-0.1, -0.05) is 6.92 Å². The van der Waals surface area contributed by atoms with Crippen molar-refractivity contribution in [3.05, 3.63) is 46.4 Å². The monoisotopic (exact) mass is 399 g/mol. The highest BCUT2D eigenvalue weighted by atomic mass is 16.5. The molecule has 0 aliphatic carbocycles. The minimum Gasteiger partial charge on any atom is -0.465 e. The maximum absolute atomic E-state index is 12.7. The van der Waals surface area contributed by atoms with Crippen molar-refractivity contribution in [1.82, 2.24) is 20.2 Å². The number of nitrogens with zero attached hydrogens (tertiary/aromatic N) is 3. The molecule has 3 rings (SSSR count). The number of aryl methyl sites for hydroxylation is 1. The summed E-state index contributed by atoms with van der Waals surface area (Å²) in [4.78, 5) is 36.9. The summed E-state index contributed by atoms with van der Waals surface area (Å²) in [7, 11) is 3.46. The number of anilines is 1. The fourth-order valence-corrected chi connectivity index (χ4v) is 3.58. The number of ether oxygens (including phenoxy) is 1. The van der Waals surface area contributed by atoms with Crippen LogP contribution < -0.4 is 10.2 Å². The molecule has 1 aliphatic heterocycles. The van der Waals surface area contributed by atoms with Gasteiger partial charge in [0.25, 0.3) is 5.91 Å². The molecule has 0 aromatic carbocycles. The molecule has 29 heavy (non-hydrogen) atoms. The summed E-state index contributed by atoms with van der Waals surface area (Å²) >= 11 is 0. The normalized spacial score (nSPS) is 14.7. The number of carbonyl (C=O) groups is 2. The molecule has 3 heterocycles. The van der Waals surface area contributed by atoms with Gasteiger partial charge in [0.05, 0.1) is 12.7 Å². The van der Waals surface area contributed by atoms with E-state index in [0.717, 1.165) is 37.6 Å². The molecule has 156 valence electrons. The summed E-state index contributed by atoms with van der Waals surface area (Å²) < 4.78 is 4.85. The van der Waals surface area contributed by atoms with Crippen LogP contribution in [0.15, 0.2) is 18.3 Å². The lowest BCUT2D eigenvalue weighted by atomic mass is 10.1. The lowest BCUT2D eigenvalue weighted by Gasteiger charge is -2.33. The molecule has 0 spiro atoms. The molecule has 8 nitrogen and oxygen atoms in total. The summed E-state index contributed by atoms with van der Waals surface area (Å²) in [6.45, 7) is 7.97. The number of carbonyl (C=O) groups excluding carboxylic acids is 2. The summed E-state index contributed by atoms with van der Waals surface area (Å²) in [5.74, 6) is 0.257. The Hall–Kier alpha value is -2.87. The van der Waals surface area contributed by atoms with Gasteiger partial charge >= 0.3 is 5.97 Å². The van der Waals surface area contributed by atoms with Crippen molar-refractivity contribution < 1.29 is 14.3 Å². The molecule has 1 aliphatic rings. The van der Waals surface area contributed by atoms with Crippen LogP contribution in [0.2, 0.25) is 0 Å². The molecule has 2 aromatic heterocycles. The number of H-pyrrole nitrogens is 1. The first kappa shape index (κ1) is 20.9. The lowest BCUT2D eigenvalue weighted by Crippen LogP contribution is -2.44. The molecule has 0 saturated carbocycles. The summed E-state index contributed by atoms with van der Waals surface area (Å²) in [6.07, 6.45) is 2.39. The average Bonchev–Trinajstić information content (AvgIpc) is 3.08. The second-order valence-electron chi connectivity index (χ2n) is 7.32. The predicted octanol–water partition coefficient (Wildman–Crippen LogP) is 1.75. The number of piperazine rings is 1. The standard InChI is InChI=1S/C21H29N5O3/c1-5-16-18(21(28)29-4)14(2)19(24-16)20(27)23-13-15-6-7-22-17(12-15)26-10-8-25(3)9-11-26/h6-7,12,24H,5,8-11,13H2,1-4H3,(H,23,27). The predicted molar refractivity (Wildman–Crippen MR) is 111 cm³/mol. The van der Waals surface area contributed by atoms with Gasteiger partial charge in [-0.25, -0.2) is 9.78 Å². The molecule has 2 N–H and O–H groups in total. The Kier molecular flexibility index (Phi) is 6.53. The summed E-state index contributed by atoms with van der Waals surface area (Å²) in [6, 6.07) is 3.92. The Morgan fingerprint density at radius 3 is 2.66 bits per heavy atom. The number of likely N-dealkylation sites (N-methyl/N-ethyl adjacent to an activating group) is 1. The zero-order valence-corrected chi connectivity index (χ0v) is 17.5. The van der Waals surface area contributed by atoms with E-state index in [1.54, 1.807) is 13.1 Å². The van der Waals surface area contributed by atoms with E-state index in [2.05, 4.69) is 32.1 Å². The maximum atomic E-state index is 12.7. The number of nitrogens with one attached hydrogen (secondary N) is 2. The van der Waals surface area contributed by atoms with Crippen LogP contribution in [0.1, 0.15) is 44.6 Å². The molecule has 0 bridgehead atoms. The van der Waals surface area contributed by atoms with E-state index in [1.165, 1.54) is 7.11 Å². The fourth-order valence-electron chi connectivity index (χ4n) is 3.58. The zero-order chi connectivity index (χ0) is 21.0. The molecular formula is C21H29N5O3. The molecule has 0 unspecified atom stereocenters. The Balaban J connectivity index is 1.69. The highest BCUT2D eigenvalue weighted by molar-refractivity contribution is 6.00.